The second kappa shape index (κ2) is 6.41. The molecule has 0 aromatic rings. The summed E-state index contributed by atoms with van der Waals surface area (Å²) in [6.07, 6.45) is 3.31. The normalized spacial score (nSPS) is 16.7. The van der Waals surface area contributed by atoms with Gasteiger partial charge in [0.05, 0.1) is 5.60 Å². The standard InChI is InChI=1S/C12H27NO/c1-6-10(2)7-8-14-12(4,5)9-11(3)13/h10-11H,6-9,13H2,1-5H3. The Morgan fingerprint density at radius 3 is 2.29 bits per heavy atom. The first-order valence-electron chi connectivity index (χ1n) is 5.77. The largest absolute Gasteiger partial charge is 0.376 e. The molecule has 2 atom stereocenters. The number of nitrogens with two attached hydrogens (primary N) is 1. The lowest BCUT2D eigenvalue weighted by atomic mass is 10.00. The minimum absolute atomic E-state index is 0.0678. The summed E-state index contributed by atoms with van der Waals surface area (Å²) in [5, 5.41) is 0. The molecule has 86 valence electrons. The highest BCUT2D eigenvalue weighted by atomic mass is 16.5. The van der Waals surface area contributed by atoms with Crippen molar-refractivity contribution in [3.05, 3.63) is 0 Å². The molecule has 0 aliphatic rings. The second-order valence-corrected chi connectivity index (χ2v) is 5.09. The van der Waals surface area contributed by atoms with Gasteiger partial charge in [-0.15, -0.1) is 0 Å². The third-order valence-corrected chi connectivity index (χ3v) is 2.61. The third-order valence-electron chi connectivity index (χ3n) is 2.61. The molecule has 14 heavy (non-hydrogen) atoms. The van der Waals surface area contributed by atoms with E-state index in [2.05, 4.69) is 27.7 Å². The molecule has 2 nitrogen and oxygen atoms in total. The van der Waals surface area contributed by atoms with Gasteiger partial charge in [0.2, 0.25) is 0 Å². The van der Waals surface area contributed by atoms with Crippen LogP contribution in [0.15, 0.2) is 0 Å². The predicted molar refractivity (Wildman–Crippen MR) is 62.4 cm³/mol. The number of ether oxygens (including phenoxy) is 1. The van der Waals surface area contributed by atoms with Gasteiger partial charge in [0.25, 0.3) is 0 Å². The first kappa shape index (κ1) is 13.9. The maximum atomic E-state index is 5.83. The van der Waals surface area contributed by atoms with E-state index in [-0.39, 0.29) is 11.6 Å². The van der Waals surface area contributed by atoms with Crippen LogP contribution < -0.4 is 5.73 Å². The monoisotopic (exact) mass is 201 g/mol. The fraction of sp³-hybridized carbons (Fsp3) is 1.00. The molecule has 0 radical (unpaired) electrons. The fourth-order valence-corrected chi connectivity index (χ4v) is 1.57. The van der Waals surface area contributed by atoms with Crippen LogP contribution in [0.4, 0.5) is 0 Å². The minimum Gasteiger partial charge on any atom is -0.376 e. The van der Waals surface area contributed by atoms with E-state index in [1.807, 2.05) is 6.92 Å². The van der Waals surface area contributed by atoms with Crippen LogP contribution in [-0.4, -0.2) is 18.2 Å². The zero-order valence-corrected chi connectivity index (χ0v) is 10.5. The van der Waals surface area contributed by atoms with Gasteiger partial charge in [-0.1, -0.05) is 20.3 Å². The van der Waals surface area contributed by atoms with Gasteiger partial charge in [-0.2, -0.15) is 0 Å². The van der Waals surface area contributed by atoms with Crippen molar-refractivity contribution >= 4 is 0 Å². The zero-order chi connectivity index (χ0) is 11.2. The molecule has 0 aromatic heterocycles. The molecule has 2 heteroatoms. The molecule has 0 aliphatic carbocycles. The maximum Gasteiger partial charge on any atom is 0.0641 e. The Hall–Kier alpha value is -0.0800. The van der Waals surface area contributed by atoms with Crippen molar-refractivity contribution in [3.63, 3.8) is 0 Å². The third kappa shape index (κ3) is 7.34. The Kier molecular flexibility index (Phi) is 6.38. The van der Waals surface area contributed by atoms with E-state index in [9.17, 15) is 0 Å². The molecule has 0 aliphatic heterocycles. The number of hydrogen-bond donors (Lipinski definition) is 1. The van der Waals surface area contributed by atoms with Gasteiger partial charge < -0.3 is 10.5 Å². The molecule has 0 rings (SSSR count). The predicted octanol–water partition coefficient (Wildman–Crippen LogP) is 2.96. The molecule has 0 bridgehead atoms. The second-order valence-electron chi connectivity index (χ2n) is 5.09. The van der Waals surface area contributed by atoms with Gasteiger partial charge in [-0.25, -0.2) is 0 Å². The van der Waals surface area contributed by atoms with E-state index in [4.69, 9.17) is 10.5 Å². The SMILES string of the molecule is CCC(C)CCOC(C)(C)CC(C)N. The molecule has 0 spiro atoms. The van der Waals surface area contributed by atoms with E-state index in [0.29, 0.717) is 0 Å². The smallest absolute Gasteiger partial charge is 0.0641 e. The van der Waals surface area contributed by atoms with Gasteiger partial charge in [0.15, 0.2) is 0 Å². The fourth-order valence-electron chi connectivity index (χ4n) is 1.57. The van der Waals surface area contributed by atoms with E-state index in [0.717, 1.165) is 25.4 Å². The van der Waals surface area contributed by atoms with Crippen LogP contribution in [0.2, 0.25) is 0 Å². The van der Waals surface area contributed by atoms with Crippen LogP contribution >= 0.6 is 0 Å². The summed E-state index contributed by atoms with van der Waals surface area (Å²) in [6.45, 7) is 11.6. The highest BCUT2D eigenvalue weighted by Crippen LogP contribution is 2.17. The summed E-state index contributed by atoms with van der Waals surface area (Å²) >= 11 is 0. The van der Waals surface area contributed by atoms with Gasteiger partial charge in [-0.3, -0.25) is 0 Å². The summed E-state index contributed by atoms with van der Waals surface area (Å²) < 4.78 is 5.83. The molecule has 0 aromatic carbocycles. The average Bonchev–Trinajstić information content (AvgIpc) is 2.01. The van der Waals surface area contributed by atoms with E-state index >= 15 is 0 Å². The van der Waals surface area contributed by atoms with Crippen molar-refractivity contribution in [1.82, 2.24) is 0 Å². The van der Waals surface area contributed by atoms with Gasteiger partial charge in [0, 0.05) is 12.6 Å². The Morgan fingerprint density at radius 2 is 1.86 bits per heavy atom. The van der Waals surface area contributed by atoms with Gasteiger partial charge >= 0.3 is 0 Å². The van der Waals surface area contributed by atoms with E-state index in [1.165, 1.54) is 6.42 Å². The molecule has 0 amide bonds. The van der Waals surface area contributed by atoms with Crippen LogP contribution in [0.5, 0.6) is 0 Å². The quantitative estimate of drug-likeness (QED) is 0.687. The molecule has 0 saturated carbocycles. The first-order chi connectivity index (χ1) is 6.37. The van der Waals surface area contributed by atoms with Gasteiger partial charge in [-0.05, 0) is 39.5 Å². The molecular weight excluding hydrogens is 174 g/mol. The Morgan fingerprint density at radius 1 is 1.29 bits per heavy atom. The summed E-state index contributed by atoms with van der Waals surface area (Å²) in [7, 11) is 0. The van der Waals surface area contributed by atoms with E-state index < -0.39 is 0 Å². The molecule has 0 fully saturated rings. The summed E-state index contributed by atoms with van der Waals surface area (Å²) in [5.74, 6) is 0.765. The van der Waals surface area contributed by atoms with Gasteiger partial charge in [0.1, 0.15) is 0 Å². The van der Waals surface area contributed by atoms with Crippen LogP contribution in [0.1, 0.15) is 53.9 Å². The summed E-state index contributed by atoms with van der Waals surface area (Å²) in [6, 6.07) is 0.216. The average molecular weight is 201 g/mol. The Labute approximate surface area is 89.2 Å². The van der Waals surface area contributed by atoms with Crippen molar-refractivity contribution in [1.29, 1.82) is 0 Å². The van der Waals surface area contributed by atoms with Crippen molar-refractivity contribution < 1.29 is 4.74 Å². The summed E-state index contributed by atoms with van der Waals surface area (Å²) in [4.78, 5) is 0. The summed E-state index contributed by atoms with van der Waals surface area (Å²) in [5.41, 5.74) is 5.69. The minimum atomic E-state index is -0.0678. The van der Waals surface area contributed by atoms with Crippen LogP contribution in [0.3, 0.4) is 0 Å². The topological polar surface area (TPSA) is 35.2 Å². The molecule has 0 heterocycles. The Bertz CT molecular complexity index is 143. The lowest BCUT2D eigenvalue weighted by Gasteiger charge is -2.27. The van der Waals surface area contributed by atoms with Crippen molar-refractivity contribution in [2.45, 2.75) is 65.5 Å². The zero-order valence-electron chi connectivity index (χ0n) is 10.5. The van der Waals surface area contributed by atoms with Crippen LogP contribution in [0.25, 0.3) is 0 Å². The van der Waals surface area contributed by atoms with Crippen molar-refractivity contribution in [2.75, 3.05) is 6.61 Å². The van der Waals surface area contributed by atoms with Crippen LogP contribution in [-0.2, 0) is 4.74 Å². The Balaban J connectivity index is 3.65. The van der Waals surface area contributed by atoms with Crippen molar-refractivity contribution in [2.24, 2.45) is 11.7 Å². The van der Waals surface area contributed by atoms with E-state index in [1.54, 1.807) is 0 Å². The maximum absolute atomic E-state index is 5.83. The lowest BCUT2D eigenvalue weighted by molar-refractivity contribution is -0.0314. The molecule has 2 N–H and O–H groups in total. The first-order valence-corrected chi connectivity index (χ1v) is 5.77. The molecular formula is C12H27NO. The molecule has 2 unspecified atom stereocenters. The highest BCUT2D eigenvalue weighted by Gasteiger charge is 2.19. The number of rotatable bonds is 7. The molecule has 0 saturated heterocycles. The van der Waals surface area contributed by atoms with Crippen LogP contribution in [0, 0.1) is 5.92 Å². The van der Waals surface area contributed by atoms with Crippen molar-refractivity contribution in [3.8, 4) is 0 Å². The highest BCUT2D eigenvalue weighted by molar-refractivity contribution is 4.73. The number of hydrogen-bond acceptors (Lipinski definition) is 2. The lowest BCUT2D eigenvalue weighted by Crippen LogP contribution is -2.33.